The first-order valence-corrected chi connectivity index (χ1v) is 12.0. The van der Waals surface area contributed by atoms with E-state index in [0.29, 0.717) is 24.9 Å². The molecule has 3 aromatic rings. The molecule has 3 N–H and O–H groups in total. The van der Waals surface area contributed by atoms with Crippen molar-refractivity contribution in [2.24, 2.45) is 0 Å². The van der Waals surface area contributed by atoms with Crippen LogP contribution in [0, 0.1) is 13.8 Å². The van der Waals surface area contributed by atoms with E-state index >= 15 is 0 Å². The number of nitrogens with one attached hydrogen (secondary N) is 3. The first kappa shape index (κ1) is 26.6. The molecule has 0 radical (unpaired) electrons. The van der Waals surface area contributed by atoms with E-state index in [0.717, 1.165) is 36.3 Å². The Bertz CT molecular complexity index is 1220. The molecule has 0 aliphatic carbocycles. The van der Waals surface area contributed by atoms with Crippen molar-refractivity contribution < 1.29 is 14.3 Å². The molecular formula is C27H33N5O4. The number of amides is 2. The van der Waals surface area contributed by atoms with Crippen LogP contribution in [0.25, 0.3) is 0 Å². The average Bonchev–Trinajstić information content (AvgIpc) is 3.36. The molecule has 2 heterocycles. The second-order valence-corrected chi connectivity index (χ2v) is 8.55. The Morgan fingerprint density at radius 3 is 2.58 bits per heavy atom. The second-order valence-electron chi connectivity index (χ2n) is 8.55. The molecule has 1 saturated heterocycles. The van der Waals surface area contributed by atoms with Crippen molar-refractivity contribution >= 4 is 17.7 Å². The number of carbonyl (C=O) groups excluding carboxylic acids is 2. The maximum Gasteiger partial charge on any atom is 0.411 e. The highest BCUT2D eigenvalue weighted by Crippen LogP contribution is 2.12. The minimum atomic E-state index is -0.500. The van der Waals surface area contributed by atoms with Gasteiger partial charge in [-0.3, -0.25) is 14.9 Å². The third-order valence-corrected chi connectivity index (χ3v) is 5.49. The zero-order chi connectivity index (χ0) is 25.9. The van der Waals surface area contributed by atoms with Crippen LogP contribution in [0.3, 0.4) is 0 Å². The zero-order valence-electron chi connectivity index (χ0n) is 20.9. The molecule has 9 heteroatoms. The van der Waals surface area contributed by atoms with Crippen LogP contribution in [0.15, 0.2) is 65.5 Å². The third kappa shape index (κ3) is 8.35. The van der Waals surface area contributed by atoms with Gasteiger partial charge in [0.2, 0.25) is 0 Å². The van der Waals surface area contributed by atoms with Gasteiger partial charge in [0.15, 0.2) is 0 Å². The summed E-state index contributed by atoms with van der Waals surface area (Å²) in [4.78, 5) is 34.9. The van der Waals surface area contributed by atoms with Crippen molar-refractivity contribution in [2.45, 2.75) is 39.8 Å². The summed E-state index contributed by atoms with van der Waals surface area (Å²) in [6, 6.07) is 18.3. The number of rotatable bonds is 6. The van der Waals surface area contributed by atoms with Crippen molar-refractivity contribution in [1.29, 1.82) is 0 Å². The smallest absolute Gasteiger partial charge is 0.411 e. The highest BCUT2D eigenvalue weighted by Gasteiger charge is 2.17. The van der Waals surface area contributed by atoms with Gasteiger partial charge in [0.05, 0.1) is 18.8 Å². The quantitative estimate of drug-likeness (QED) is 0.488. The highest BCUT2D eigenvalue weighted by molar-refractivity contribution is 5.94. The van der Waals surface area contributed by atoms with Crippen molar-refractivity contribution in [1.82, 2.24) is 20.4 Å². The van der Waals surface area contributed by atoms with E-state index in [-0.39, 0.29) is 11.5 Å². The van der Waals surface area contributed by atoms with E-state index in [1.54, 1.807) is 31.2 Å². The monoisotopic (exact) mass is 491 g/mol. The minimum Gasteiger partial charge on any atom is -0.450 e. The summed E-state index contributed by atoms with van der Waals surface area (Å²) in [7, 11) is 0. The summed E-state index contributed by atoms with van der Waals surface area (Å²) in [6.07, 6.45) is 0.526. The van der Waals surface area contributed by atoms with Crippen LogP contribution >= 0.6 is 0 Å². The van der Waals surface area contributed by atoms with Gasteiger partial charge in [-0.1, -0.05) is 29.8 Å². The van der Waals surface area contributed by atoms with Crippen LogP contribution in [-0.2, 0) is 11.3 Å². The fraction of sp³-hybridized carbons (Fsp3) is 0.333. The molecular weight excluding hydrogens is 458 g/mol. The van der Waals surface area contributed by atoms with Crippen LogP contribution in [0.4, 0.5) is 10.5 Å². The Balaban J connectivity index is 0.000000212. The number of hydrogen-bond donors (Lipinski definition) is 3. The molecule has 1 fully saturated rings. The summed E-state index contributed by atoms with van der Waals surface area (Å²) in [5.41, 5.74) is 4.01. The van der Waals surface area contributed by atoms with Gasteiger partial charge in [0.1, 0.15) is 0 Å². The van der Waals surface area contributed by atoms with E-state index in [2.05, 4.69) is 21.0 Å². The van der Waals surface area contributed by atoms with E-state index in [1.807, 2.05) is 44.2 Å². The maximum atomic E-state index is 11.8. The predicted octanol–water partition coefficient (Wildman–Crippen LogP) is 3.26. The fourth-order valence-corrected chi connectivity index (χ4v) is 3.62. The molecule has 1 atom stereocenters. The number of hydrogen-bond acceptors (Lipinski definition) is 6. The van der Waals surface area contributed by atoms with Crippen molar-refractivity contribution in [2.75, 3.05) is 25.0 Å². The Labute approximate surface area is 210 Å². The summed E-state index contributed by atoms with van der Waals surface area (Å²) >= 11 is 0. The molecule has 190 valence electrons. The van der Waals surface area contributed by atoms with Crippen LogP contribution in [0.1, 0.15) is 40.5 Å². The number of nitrogens with zero attached hydrogens (tertiary/aromatic N) is 2. The average molecular weight is 492 g/mol. The lowest BCUT2D eigenvalue weighted by Crippen LogP contribution is -2.36. The minimum absolute atomic E-state index is 0.0312. The van der Waals surface area contributed by atoms with Crippen LogP contribution < -0.4 is 21.5 Å². The molecule has 0 saturated carbocycles. The number of carbonyl (C=O) groups is 2. The fourth-order valence-electron chi connectivity index (χ4n) is 3.62. The first-order chi connectivity index (χ1) is 17.3. The molecule has 4 rings (SSSR count). The number of anilines is 1. The van der Waals surface area contributed by atoms with Crippen LogP contribution in [0.5, 0.6) is 0 Å². The molecule has 36 heavy (non-hydrogen) atoms. The lowest BCUT2D eigenvalue weighted by atomic mass is 10.1. The van der Waals surface area contributed by atoms with Crippen molar-refractivity contribution in [3.8, 4) is 0 Å². The molecule has 2 amide bonds. The lowest BCUT2D eigenvalue weighted by Gasteiger charge is -2.11. The maximum absolute atomic E-state index is 11.8. The standard InChI is InChI=1S/C15H17N3O3.C12H16N2O/c1-3-21-15(20)16-13-6-4-5-12(9-13)10-18-14(19)8-7-11(2)17-18;1-9-2-4-10(5-3-9)12(15)14-11-6-7-13-8-11/h4-9H,3,10H2,1-2H3,(H,16,20);2-5,11,13H,6-8H2,1H3,(H,14,15). The number of aryl methyl sites for hydroxylation is 2. The highest BCUT2D eigenvalue weighted by atomic mass is 16.5. The molecule has 1 aromatic heterocycles. The van der Waals surface area contributed by atoms with Gasteiger partial charge in [-0.05, 0) is 69.6 Å². The van der Waals surface area contributed by atoms with Gasteiger partial charge < -0.3 is 15.4 Å². The predicted molar refractivity (Wildman–Crippen MR) is 139 cm³/mol. The number of aromatic nitrogens is 2. The Morgan fingerprint density at radius 1 is 1.11 bits per heavy atom. The van der Waals surface area contributed by atoms with Crippen LogP contribution in [-0.4, -0.2) is 47.5 Å². The van der Waals surface area contributed by atoms with E-state index in [9.17, 15) is 14.4 Å². The van der Waals surface area contributed by atoms with Gasteiger partial charge >= 0.3 is 6.09 Å². The van der Waals surface area contributed by atoms with Crippen LogP contribution in [0.2, 0.25) is 0 Å². The lowest BCUT2D eigenvalue weighted by molar-refractivity contribution is 0.0940. The summed E-state index contributed by atoms with van der Waals surface area (Å²) < 4.78 is 6.21. The van der Waals surface area contributed by atoms with Gasteiger partial charge in [-0.15, -0.1) is 0 Å². The second kappa shape index (κ2) is 13.2. The van der Waals surface area contributed by atoms with Crippen molar-refractivity contribution in [3.63, 3.8) is 0 Å². The molecule has 0 bridgehead atoms. The molecule has 1 aliphatic rings. The summed E-state index contributed by atoms with van der Waals surface area (Å²) in [5, 5.41) is 13.0. The summed E-state index contributed by atoms with van der Waals surface area (Å²) in [6.45, 7) is 8.13. The first-order valence-electron chi connectivity index (χ1n) is 12.0. The summed E-state index contributed by atoms with van der Waals surface area (Å²) in [5.74, 6) is 0.0312. The molecule has 2 aromatic carbocycles. The van der Waals surface area contributed by atoms with Gasteiger partial charge in [-0.25, -0.2) is 9.48 Å². The Morgan fingerprint density at radius 2 is 1.89 bits per heavy atom. The van der Waals surface area contributed by atoms with Gasteiger partial charge in [0, 0.05) is 29.9 Å². The van der Waals surface area contributed by atoms with Gasteiger partial charge in [-0.2, -0.15) is 5.10 Å². The SMILES string of the molecule is CCOC(=O)Nc1cccc(Cn2nc(C)ccc2=O)c1.Cc1ccc(C(=O)NC2CCNC2)cc1. The molecule has 9 nitrogen and oxygen atoms in total. The van der Waals surface area contributed by atoms with Crippen molar-refractivity contribution in [3.05, 3.63) is 93.4 Å². The molecule has 0 spiro atoms. The normalized spacial score (nSPS) is 14.4. The third-order valence-electron chi connectivity index (χ3n) is 5.49. The van der Waals surface area contributed by atoms with E-state index in [4.69, 9.17) is 4.74 Å². The molecule has 1 aliphatic heterocycles. The zero-order valence-corrected chi connectivity index (χ0v) is 20.9. The largest absolute Gasteiger partial charge is 0.450 e. The Hall–Kier alpha value is -3.98. The number of benzene rings is 2. The topological polar surface area (TPSA) is 114 Å². The van der Waals surface area contributed by atoms with E-state index < -0.39 is 6.09 Å². The van der Waals surface area contributed by atoms with E-state index in [1.165, 1.54) is 16.3 Å². The number of ether oxygens (including phenoxy) is 1. The van der Waals surface area contributed by atoms with Gasteiger partial charge in [0.25, 0.3) is 11.5 Å². The Kier molecular flexibility index (Phi) is 9.76. The molecule has 1 unspecified atom stereocenters.